The summed E-state index contributed by atoms with van der Waals surface area (Å²) in [6.07, 6.45) is 0.745. The van der Waals surface area contributed by atoms with E-state index in [1.807, 2.05) is 6.92 Å². The molecular formula is C11H13ClO4. The van der Waals surface area contributed by atoms with Gasteiger partial charge in [-0.2, -0.15) is 0 Å². The number of phenols is 1. The van der Waals surface area contributed by atoms with Crippen LogP contribution in [0.25, 0.3) is 0 Å². The lowest BCUT2D eigenvalue weighted by Gasteiger charge is -2.08. The lowest BCUT2D eigenvalue weighted by atomic mass is 10.2. The van der Waals surface area contributed by atoms with E-state index in [0.29, 0.717) is 6.61 Å². The van der Waals surface area contributed by atoms with Crippen molar-refractivity contribution < 1.29 is 19.4 Å². The number of ether oxygens (including phenoxy) is 2. The molecule has 16 heavy (non-hydrogen) atoms. The van der Waals surface area contributed by atoms with Gasteiger partial charge in [0.2, 0.25) is 0 Å². The molecule has 0 spiro atoms. The van der Waals surface area contributed by atoms with Crippen LogP contribution >= 0.6 is 11.6 Å². The fourth-order valence-electron chi connectivity index (χ4n) is 1.13. The molecule has 4 nitrogen and oxygen atoms in total. The lowest BCUT2D eigenvalue weighted by Crippen LogP contribution is -2.06. The zero-order chi connectivity index (χ0) is 12.1. The van der Waals surface area contributed by atoms with Crippen molar-refractivity contribution >= 4 is 17.6 Å². The molecule has 88 valence electrons. The van der Waals surface area contributed by atoms with E-state index in [2.05, 4.69) is 0 Å². The number of rotatable bonds is 4. The van der Waals surface area contributed by atoms with Gasteiger partial charge >= 0.3 is 5.97 Å². The quantitative estimate of drug-likeness (QED) is 0.828. The van der Waals surface area contributed by atoms with Crippen molar-refractivity contribution in [3.63, 3.8) is 0 Å². The molecule has 0 aromatic heterocycles. The first-order chi connectivity index (χ1) is 7.60. The molecule has 0 unspecified atom stereocenters. The van der Waals surface area contributed by atoms with Crippen molar-refractivity contribution in [1.29, 1.82) is 0 Å². The molecule has 1 rings (SSSR count). The van der Waals surface area contributed by atoms with Crippen molar-refractivity contribution in [2.45, 2.75) is 13.3 Å². The van der Waals surface area contributed by atoms with Gasteiger partial charge in [0.1, 0.15) is 0 Å². The maximum Gasteiger partial charge on any atom is 0.338 e. The number of hydrogen-bond donors (Lipinski definition) is 1. The molecule has 0 aliphatic carbocycles. The Hall–Kier alpha value is -1.42. The van der Waals surface area contributed by atoms with E-state index in [4.69, 9.17) is 21.1 Å². The number of aromatic hydroxyl groups is 1. The van der Waals surface area contributed by atoms with Gasteiger partial charge in [-0.3, -0.25) is 0 Å². The Morgan fingerprint density at radius 3 is 2.75 bits per heavy atom. The average molecular weight is 245 g/mol. The van der Waals surface area contributed by atoms with E-state index >= 15 is 0 Å². The molecule has 5 heteroatoms. The number of esters is 1. The van der Waals surface area contributed by atoms with Gasteiger partial charge in [-0.25, -0.2) is 4.79 Å². The van der Waals surface area contributed by atoms with Crippen LogP contribution < -0.4 is 4.74 Å². The highest BCUT2D eigenvalue weighted by atomic mass is 35.5. The molecule has 0 atom stereocenters. The predicted octanol–water partition coefficient (Wildman–Crippen LogP) is 2.62. The first kappa shape index (κ1) is 12.6. The van der Waals surface area contributed by atoms with Crippen LogP contribution in [-0.4, -0.2) is 24.8 Å². The van der Waals surface area contributed by atoms with E-state index in [-0.39, 0.29) is 22.1 Å². The molecule has 1 N–H and O–H groups in total. The van der Waals surface area contributed by atoms with Crippen LogP contribution in [-0.2, 0) is 4.74 Å². The fourth-order valence-corrected chi connectivity index (χ4v) is 1.34. The summed E-state index contributed by atoms with van der Waals surface area (Å²) < 4.78 is 9.82. The molecule has 0 saturated carbocycles. The van der Waals surface area contributed by atoms with Crippen molar-refractivity contribution in [3.8, 4) is 11.5 Å². The van der Waals surface area contributed by atoms with Gasteiger partial charge in [0.15, 0.2) is 11.5 Å². The molecule has 0 heterocycles. The summed E-state index contributed by atoms with van der Waals surface area (Å²) in [6.45, 7) is 2.25. The smallest absolute Gasteiger partial charge is 0.338 e. The Morgan fingerprint density at radius 2 is 2.19 bits per heavy atom. The molecule has 0 radical (unpaired) electrons. The Balaban J connectivity index is 2.97. The summed E-state index contributed by atoms with van der Waals surface area (Å²) in [5.74, 6) is -0.519. The number of carbonyl (C=O) groups excluding carboxylic acids is 1. The van der Waals surface area contributed by atoms with Gasteiger partial charge in [-0.1, -0.05) is 18.5 Å². The number of halogens is 1. The summed E-state index contributed by atoms with van der Waals surface area (Å²) in [6, 6.07) is 2.73. The van der Waals surface area contributed by atoms with Crippen molar-refractivity contribution in [2.24, 2.45) is 0 Å². The highest BCUT2D eigenvalue weighted by Gasteiger charge is 2.14. The maximum atomic E-state index is 11.5. The highest BCUT2D eigenvalue weighted by Crippen LogP contribution is 2.35. The first-order valence-electron chi connectivity index (χ1n) is 4.83. The second-order valence-corrected chi connectivity index (χ2v) is 3.55. The van der Waals surface area contributed by atoms with Crippen molar-refractivity contribution in [3.05, 3.63) is 22.7 Å². The van der Waals surface area contributed by atoms with E-state index < -0.39 is 5.97 Å². The van der Waals surface area contributed by atoms with Gasteiger partial charge in [-0.05, 0) is 18.6 Å². The number of hydrogen-bond acceptors (Lipinski definition) is 4. The Labute approximate surface area is 98.7 Å². The van der Waals surface area contributed by atoms with Crippen molar-refractivity contribution in [1.82, 2.24) is 0 Å². The third-order valence-electron chi connectivity index (χ3n) is 1.92. The summed E-state index contributed by atoms with van der Waals surface area (Å²) in [5.41, 5.74) is 0.258. The van der Waals surface area contributed by atoms with Crippen LogP contribution in [0.15, 0.2) is 12.1 Å². The Morgan fingerprint density at radius 1 is 1.50 bits per heavy atom. The standard InChI is InChI=1S/C11H13ClO4/c1-3-4-16-11(14)7-5-8(12)10(13)9(6-7)15-2/h5-6,13H,3-4H2,1-2H3. The summed E-state index contributed by atoms with van der Waals surface area (Å²) in [7, 11) is 1.38. The number of methoxy groups -OCH3 is 1. The molecular weight excluding hydrogens is 232 g/mol. The van der Waals surface area contributed by atoms with Gasteiger partial charge < -0.3 is 14.6 Å². The number of carbonyl (C=O) groups is 1. The minimum Gasteiger partial charge on any atom is -0.503 e. The van der Waals surface area contributed by atoms with Gasteiger partial charge in [-0.15, -0.1) is 0 Å². The van der Waals surface area contributed by atoms with E-state index in [0.717, 1.165) is 6.42 Å². The van der Waals surface area contributed by atoms with E-state index in [1.165, 1.54) is 19.2 Å². The second-order valence-electron chi connectivity index (χ2n) is 3.14. The zero-order valence-electron chi connectivity index (χ0n) is 9.12. The van der Waals surface area contributed by atoms with Crippen LogP contribution in [0.3, 0.4) is 0 Å². The van der Waals surface area contributed by atoms with Crippen LogP contribution in [0.4, 0.5) is 0 Å². The Bertz CT molecular complexity index is 390. The van der Waals surface area contributed by atoms with Crippen LogP contribution in [0.5, 0.6) is 11.5 Å². The average Bonchev–Trinajstić information content (AvgIpc) is 2.29. The third-order valence-corrected chi connectivity index (χ3v) is 2.21. The maximum absolute atomic E-state index is 11.5. The van der Waals surface area contributed by atoms with Crippen LogP contribution in [0, 0.1) is 0 Å². The Kier molecular flexibility index (Phi) is 4.43. The summed E-state index contributed by atoms with van der Waals surface area (Å²) >= 11 is 5.74. The van der Waals surface area contributed by atoms with Crippen LogP contribution in [0.1, 0.15) is 23.7 Å². The SMILES string of the molecule is CCCOC(=O)c1cc(Cl)c(O)c(OC)c1. The lowest BCUT2D eigenvalue weighted by molar-refractivity contribution is 0.0504. The number of benzene rings is 1. The molecule has 0 fully saturated rings. The van der Waals surface area contributed by atoms with Gasteiger partial charge in [0.05, 0.1) is 24.3 Å². The molecule has 0 aliphatic rings. The van der Waals surface area contributed by atoms with E-state index in [1.54, 1.807) is 0 Å². The molecule has 0 saturated heterocycles. The molecule has 0 aliphatic heterocycles. The predicted molar refractivity (Wildman–Crippen MR) is 60.2 cm³/mol. The molecule has 1 aromatic carbocycles. The highest BCUT2D eigenvalue weighted by molar-refractivity contribution is 6.32. The normalized spacial score (nSPS) is 9.94. The zero-order valence-corrected chi connectivity index (χ0v) is 9.87. The minimum absolute atomic E-state index is 0.0581. The largest absolute Gasteiger partial charge is 0.503 e. The first-order valence-corrected chi connectivity index (χ1v) is 5.21. The summed E-state index contributed by atoms with van der Waals surface area (Å²) in [4.78, 5) is 11.5. The summed E-state index contributed by atoms with van der Waals surface area (Å²) in [5, 5.41) is 9.53. The molecule has 1 aromatic rings. The van der Waals surface area contributed by atoms with Gasteiger partial charge in [0, 0.05) is 0 Å². The minimum atomic E-state index is -0.484. The third kappa shape index (κ3) is 2.79. The molecule has 0 bridgehead atoms. The topological polar surface area (TPSA) is 55.8 Å². The second kappa shape index (κ2) is 5.61. The van der Waals surface area contributed by atoms with Crippen molar-refractivity contribution in [2.75, 3.05) is 13.7 Å². The fraction of sp³-hybridized carbons (Fsp3) is 0.364. The van der Waals surface area contributed by atoms with Crippen LogP contribution in [0.2, 0.25) is 5.02 Å². The molecule has 0 amide bonds. The van der Waals surface area contributed by atoms with E-state index in [9.17, 15) is 9.90 Å². The number of phenolic OH excluding ortho intramolecular Hbond substituents is 1. The van der Waals surface area contributed by atoms with Gasteiger partial charge in [0.25, 0.3) is 0 Å². The monoisotopic (exact) mass is 244 g/mol.